The zero-order chi connectivity index (χ0) is 27.7. The topological polar surface area (TPSA) is 106 Å². The van der Waals surface area contributed by atoms with E-state index in [1.54, 1.807) is 30.5 Å². The number of aryl methyl sites for hydroxylation is 1. The van der Waals surface area contributed by atoms with E-state index in [0.717, 1.165) is 33.3 Å². The van der Waals surface area contributed by atoms with Crippen molar-refractivity contribution >= 4 is 22.5 Å². The number of H-pyrrole nitrogens is 1. The summed E-state index contributed by atoms with van der Waals surface area (Å²) < 4.78 is 46.6. The number of aliphatic hydroxyl groups excluding tert-OH is 1. The Bertz CT molecular complexity index is 1730. The summed E-state index contributed by atoms with van der Waals surface area (Å²) in [6.07, 6.45) is -0.538. The van der Waals surface area contributed by atoms with Crippen LogP contribution in [0.25, 0.3) is 22.2 Å². The largest absolute Gasteiger partial charge is 0.489 e. The van der Waals surface area contributed by atoms with Gasteiger partial charge in [-0.25, -0.2) is 0 Å². The van der Waals surface area contributed by atoms with Crippen LogP contribution < -0.4 is 10.3 Å². The summed E-state index contributed by atoms with van der Waals surface area (Å²) in [4.78, 5) is 21.3. The second-order valence-electron chi connectivity index (χ2n) is 8.78. The van der Waals surface area contributed by atoms with E-state index in [1.807, 2.05) is 13.0 Å². The van der Waals surface area contributed by atoms with Crippen LogP contribution in [0.4, 0.5) is 13.2 Å². The Labute approximate surface area is 224 Å². The second kappa shape index (κ2) is 10.5. The normalized spacial score (nSPS) is 11.7. The number of benzene rings is 1. The lowest BCUT2D eigenvalue weighted by Crippen LogP contribution is -2.28. The fraction of sp³-hybridized carbons (Fsp3) is 0.185. The van der Waals surface area contributed by atoms with Gasteiger partial charge in [0.1, 0.15) is 17.9 Å². The first kappa shape index (κ1) is 26.4. The third-order valence-corrected chi connectivity index (χ3v) is 6.54. The monoisotopic (exact) mass is 555 g/mol. The summed E-state index contributed by atoms with van der Waals surface area (Å²) in [6.45, 7) is 1.39. The van der Waals surface area contributed by atoms with Gasteiger partial charge >= 0.3 is 6.18 Å². The number of nitrogens with one attached hydrogen (secondary N) is 1. The molecule has 0 aliphatic carbocycles. The van der Waals surface area contributed by atoms with Crippen LogP contribution in [0.15, 0.2) is 65.8 Å². The molecule has 0 aliphatic heterocycles. The molecule has 0 saturated heterocycles. The number of rotatable bonds is 7. The van der Waals surface area contributed by atoms with Crippen molar-refractivity contribution in [1.82, 2.24) is 24.7 Å². The first-order chi connectivity index (χ1) is 18.7. The molecule has 0 radical (unpaired) electrons. The number of aliphatic hydroxyl groups is 1. The fourth-order valence-electron chi connectivity index (χ4n) is 4.29. The van der Waals surface area contributed by atoms with Crippen molar-refractivity contribution in [3.05, 3.63) is 105 Å². The van der Waals surface area contributed by atoms with Crippen molar-refractivity contribution in [1.29, 1.82) is 0 Å². The van der Waals surface area contributed by atoms with Gasteiger partial charge in [-0.3, -0.25) is 19.9 Å². The van der Waals surface area contributed by atoms with Gasteiger partial charge in [0.15, 0.2) is 0 Å². The van der Waals surface area contributed by atoms with Gasteiger partial charge in [-0.05, 0) is 49.4 Å². The third-order valence-electron chi connectivity index (χ3n) is 6.18. The molecular formula is C27H21ClF3N5O3. The van der Waals surface area contributed by atoms with Gasteiger partial charge < -0.3 is 14.4 Å². The van der Waals surface area contributed by atoms with Crippen LogP contribution in [-0.2, 0) is 25.9 Å². The molecule has 0 unspecified atom stereocenters. The van der Waals surface area contributed by atoms with E-state index in [0.29, 0.717) is 38.8 Å². The maximum atomic E-state index is 13.2. The van der Waals surface area contributed by atoms with E-state index in [-0.39, 0.29) is 19.8 Å². The van der Waals surface area contributed by atoms with E-state index in [9.17, 15) is 23.1 Å². The minimum Gasteiger partial charge on any atom is -0.489 e. The molecule has 200 valence electrons. The van der Waals surface area contributed by atoms with Gasteiger partial charge in [0.2, 0.25) is 0 Å². The van der Waals surface area contributed by atoms with Crippen molar-refractivity contribution in [3.8, 4) is 17.0 Å². The highest BCUT2D eigenvalue weighted by atomic mass is 35.5. The highest BCUT2D eigenvalue weighted by Crippen LogP contribution is 2.33. The molecule has 39 heavy (non-hydrogen) atoms. The summed E-state index contributed by atoms with van der Waals surface area (Å²) in [7, 11) is 0. The summed E-state index contributed by atoms with van der Waals surface area (Å²) in [5.41, 5.74) is 1.86. The smallest absolute Gasteiger partial charge is 0.421 e. The molecule has 0 saturated carbocycles. The first-order valence-electron chi connectivity index (χ1n) is 11.7. The van der Waals surface area contributed by atoms with E-state index >= 15 is 0 Å². The number of halogens is 4. The van der Waals surface area contributed by atoms with Crippen molar-refractivity contribution in [2.45, 2.75) is 32.9 Å². The number of nitrogens with zero attached hydrogens (tertiary/aromatic N) is 4. The Morgan fingerprint density at radius 2 is 2.00 bits per heavy atom. The minimum atomic E-state index is -4.77. The van der Waals surface area contributed by atoms with Crippen LogP contribution in [0, 0.1) is 6.92 Å². The van der Waals surface area contributed by atoms with Crippen LogP contribution in [0.2, 0.25) is 5.02 Å². The van der Waals surface area contributed by atoms with Crippen molar-refractivity contribution in [2.24, 2.45) is 0 Å². The van der Waals surface area contributed by atoms with Crippen LogP contribution in [-0.4, -0.2) is 29.8 Å². The molecule has 0 atom stereocenters. The quantitative estimate of drug-likeness (QED) is 0.283. The Kier molecular flexibility index (Phi) is 7.11. The Hall–Kier alpha value is -4.22. The van der Waals surface area contributed by atoms with Crippen molar-refractivity contribution in [2.75, 3.05) is 0 Å². The highest BCUT2D eigenvalue weighted by Gasteiger charge is 2.34. The Balaban J connectivity index is 1.47. The molecule has 5 rings (SSSR count). The molecule has 0 bridgehead atoms. The van der Waals surface area contributed by atoms with Crippen LogP contribution >= 0.6 is 11.6 Å². The lowest BCUT2D eigenvalue weighted by molar-refractivity contribution is -0.138. The van der Waals surface area contributed by atoms with Crippen LogP contribution in [0.3, 0.4) is 0 Å². The van der Waals surface area contributed by atoms with E-state index in [2.05, 4.69) is 20.2 Å². The maximum Gasteiger partial charge on any atom is 0.421 e. The van der Waals surface area contributed by atoms with E-state index < -0.39 is 17.3 Å². The molecule has 8 nitrogen and oxygen atoms in total. The average molecular weight is 556 g/mol. The number of pyridine rings is 3. The van der Waals surface area contributed by atoms with Crippen molar-refractivity contribution in [3.63, 3.8) is 0 Å². The summed E-state index contributed by atoms with van der Waals surface area (Å²) in [5, 5.41) is 17.7. The number of fused-ring (bicyclic) bond motifs is 1. The SMILES string of the molecule is Cc1cc(-c2[nH]ncc2CO)c2cc(OCc3c(Cl)ccnc3Cn3cccc(C(F)(F)F)c3=O)ccc2n1. The summed E-state index contributed by atoms with van der Waals surface area (Å²) in [6, 6.07) is 10.6. The zero-order valence-corrected chi connectivity index (χ0v) is 21.2. The van der Waals surface area contributed by atoms with Crippen LogP contribution in [0.5, 0.6) is 5.75 Å². The predicted octanol–water partition coefficient (Wildman–Crippen LogP) is 5.28. The van der Waals surface area contributed by atoms with Gasteiger partial charge in [0.05, 0.1) is 41.3 Å². The second-order valence-corrected chi connectivity index (χ2v) is 9.19. The van der Waals surface area contributed by atoms with E-state index in [4.69, 9.17) is 16.3 Å². The average Bonchev–Trinajstić information content (AvgIpc) is 3.37. The number of aromatic amines is 1. The molecule has 4 aromatic heterocycles. The lowest BCUT2D eigenvalue weighted by Gasteiger charge is -2.15. The van der Waals surface area contributed by atoms with Gasteiger partial charge in [0, 0.05) is 40.2 Å². The van der Waals surface area contributed by atoms with Crippen LogP contribution in [0.1, 0.15) is 28.1 Å². The molecule has 0 spiro atoms. The molecule has 0 aliphatic rings. The highest BCUT2D eigenvalue weighted by molar-refractivity contribution is 6.31. The molecule has 4 heterocycles. The molecule has 0 fully saturated rings. The Morgan fingerprint density at radius 3 is 2.77 bits per heavy atom. The lowest BCUT2D eigenvalue weighted by atomic mass is 10.0. The Morgan fingerprint density at radius 1 is 1.18 bits per heavy atom. The first-order valence-corrected chi connectivity index (χ1v) is 12.1. The van der Waals surface area contributed by atoms with Crippen molar-refractivity contribution < 1.29 is 23.0 Å². The number of alkyl halides is 3. The maximum absolute atomic E-state index is 13.2. The van der Waals surface area contributed by atoms with Gasteiger partial charge in [-0.15, -0.1) is 0 Å². The number of hydrogen-bond acceptors (Lipinski definition) is 6. The summed E-state index contributed by atoms with van der Waals surface area (Å²) in [5.74, 6) is 0.474. The molecular weight excluding hydrogens is 535 g/mol. The molecule has 5 aromatic rings. The standard InChI is InChI=1S/C27H21ClF3N5O3/c1-15-9-19(25-16(13-37)11-33-35-25)18-10-17(4-5-23(18)34-15)39-14-20-22(28)6-7-32-24(20)12-36-8-2-3-21(26(36)38)27(29,30)31/h2-11,37H,12-14H2,1H3,(H,33,35). The van der Waals surface area contributed by atoms with Gasteiger partial charge in [-0.2, -0.15) is 18.3 Å². The zero-order valence-electron chi connectivity index (χ0n) is 20.5. The number of aromatic nitrogens is 5. The predicted molar refractivity (Wildman–Crippen MR) is 138 cm³/mol. The fourth-order valence-corrected chi connectivity index (χ4v) is 4.51. The van der Waals surface area contributed by atoms with Gasteiger partial charge in [-0.1, -0.05) is 11.6 Å². The summed E-state index contributed by atoms with van der Waals surface area (Å²) >= 11 is 6.41. The minimum absolute atomic E-state index is 0.0538. The molecule has 1 aromatic carbocycles. The molecule has 2 N–H and O–H groups in total. The van der Waals surface area contributed by atoms with E-state index in [1.165, 1.54) is 12.4 Å². The molecule has 0 amide bonds. The molecule has 12 heteroatoms. The number of hydrogen-bond donors (Lipinski definition) is 2. The third kappa shape index (κ3) is 5.36. The van der Waals surface area contributed by atoms with Gasteiger partial charge in [0.25, 0.3) is 5.56 Å². The number of ether oxygens (including phenoxy) is 1.